The van der Waals surface area contributed by atoms with E-state index in [1.54, 1.807) is 11.3 Å². The van der Waals surface area contributed by atoms with Crippen LogP contribution >= 0.6 is 11.3 Å². The van der Waals surface area contributed by atoms with Crippen LogP contribution in [0.1, 0.15) is 69.5 Å². The highest BCUT2D eigenvalue weighted by atomic mass is 32.1. The first-order chi connectivity index (χ1) is 15.1. The SMILES string of the molecule is CCNC(=NCC1CCN(Cc2csc(CC)n2)CC1)NC1CC2CCCC(C1)N2C. The number of rotatable bonds is 7. The third-order valence-electron chi connectivity index (χ3n) is 7.53. The van der Waals surface area contributed by atoms with Crippen LogP contribution in [-0.4, -0.2) is 72.1 Å². The van der Waals surface area contributed by atoms with Gasteiger partial charge in [0.25, 0.3) is 0 Å². The van der Waals surface area contributed by atoms with Crippen molar-refractivity contribution in [3.8, 4) is 0 Å². The van der Waals surface area contributed by atoms with E-state index in [2.05, 4.69) is 46.7 Å². The quantitative estimate of drug-likeness (QED) is 0.496. The summed E-state index contributed by atoms with van der Waals surface area (Å²) in [6, 6.07) is 2.07. The molecule has 0 spiro atoms. The molecule has 174 valence electrons. The Morgan fingerprint density at radius 1 is 1.16 bits per heavy atom. The lowest BCUT2D eigenvalue weighted by molar-refractivity contribution is 0.0526. The van der Waals surface area contributed by atoms with Gasteiger partial charge < -0.3 is 15.5 Å². The van der Waals surface area contributed by atoms with Crippen molar-refractivity contribution >= 4 is 17.3 Å². The smallest absolute Gasteiger partial charge is 0.191 e. The van der Waals surface area contributed by atoms with Gasteiger partial charge in [-0.2, -0.15) is 0 Å². The summed E-state index contributed by atoms with van der Waals surface area (Å²) in [6.45, 7) is 9.57. The fraction of sp³-hybridized carbons (Fsp3) is 0.833. The van der Waals surface area contributed by atoms with E-state index in [0.717, 1.165) is 44.1 Å². The molecule has 0 amide bonds. The van der Waals surface area contributed by atoms with Crippen molar-refractivity contribution in [2.24, 2.45) is 10.9 Å². The Kier molecular flexibility index (Phi) is 8.24. The molecule has 1 aromatic heterocycles. The van der Waals surface area contributed by atoms with E-state index in [9.17, 15) is 0 Å². The van der Waals surface area contributed by atoms with Gasteiger partial charge in [-0.15, -0.1) is 11.3 Å². The molecule has 2 N–H and O–H groups in total. The number of aliphatic imine (C=N–C) groups is 1. The molecule has 3 saturated heterocycles. The second kappa shape index (κ2) is 11.1. The number of guanidine groups is 1. The van der Waals surface area contributed by atoms with Gasteiger partial charge in [0.1, 0.15) is 0 Å². The first-order valence-electron chi connectivity index (χ1n) is 12.6. The van der Waals surface area contributed by atoms with Crippen LogP contribution in [0.15, 0.2) is 10.4 Å². The van der Waals surface area contributed by atoms with Crippen molar-refractivity contribution in [1.29, 1.82) is 0 Å². The number of hydrogen-bond acceptors (Lipinski definition) is 5. The van der Waals surface area contributed by atoms with Gasteiger partial charge >= 0.3 is 0 Å². The molecule has 7 heteroatoms. The lowest BCUT2D eigenvalue weighted by atomic mass is 9.82. The summed E-state index contributed by atoms with van der Waals surface area (Å²) >= 11 is 1.80. The Morgan fingerprint density at radius 3 is 2.55 bits per heavy atom. The summed E-state index contributed by atoms with van der Waals surface area (Å²) in [6.07, 6.45) is 10.2. The van der Waals surface area contributed by atoms with E-state index >= 15 is 0 Å². The average Bonchev–Trinajstić information content (AvgIpc) is 3.21. The van der Waals surface area contributed by atoms with Crippen LogP contribution < -0.4 is 10.6 Å². The number of fused-ring (bicyclic) bond motifs is 2. The van der Waals surface area contributed by atoms with Crippen LogP contribution in [0.4, 0.5) is 0 Å². The molecule has 3 aliphatic rings. The van der Waals surface area contributed by atoms with Crippen LogP contribution in [0, 0.1) is 5.92 Å². The second-order valence-corrected chi connectivity index (χ2v) is 10.7. The molecule has 3 fully saturated rings. The highest BCUT2D eigenvalue weighted by Crippen LogP contribution is 2.32. The first kappa shape index (κ1) is 23.0. The molecule has 6 nitrogen and oxygen atoms in total. The zero-order valence-electron chi connectivity index (χ0n) is 19.8. The summed E-state index contributed by atoms with van der Waals surface area (Å²) in [5.41, 5.74) is 1.25. The molecular weight excluding hydrogens is 404 g/mol. The Hall–Kier alpha value is -1.18. The van der Waals surface area contributed by atoms with Gasteiger partial charge in [-0.3, -0.25) is 9.89 Å². The van der Waals surface area contributed by atoms with Crippen molar-refractivity contribution in [1.82, 2.24) is 25.4 Å². The largest absolute Gasteiger partial charge is 0.357 e. The number of aryl methyl sites for hydroxylation is 1. The Morgan fingerprint density at radius 2 is 1.90 bits per heavy atom. The minimum atomic E-state index is 0.567. The van der Waals surface area contributed by atoms with Crippen molar-refractivity contribution in [3.05, 3.63) is 16.1 Å². The summed E-state index contributed by atoms with van der Waals surface area (Å²) < 4.78 is 0. The van der Waals surface area contributed by atoms with Crippen LogP contribution in [0.2, 0.25) is 0 Å². The maximum atomic E-state index is 5.02. The first-order valence-corrected chi connectivity index (χ1v) is 13.4. The molecule has 2 unspecified atom stereocenters. The number of aromatic nitrogens is 1. The molecule has 31 heavy (non-hydrogen) atoms. The number of nitrogens with zero attached hydrogens (tertiary/aromatic N) is 4. The molecule has 3 aliphatic heterocycles. The van der Waals surface area contributed by atoms with Crippen molar-refractivity contribution in [3.63, 3.8) is 0 Å². The molecule has 0 aromatic carbocycles. The average molecular weight is 447 g/mol. The minimum absolute atomic E-state index is 0.567. The predicted octanol–water partition coefficient (Wildman–Crippen LogP) is 3.49. The van der Waals surface area contributed by atoms with Crippen LogP contribution in [0.5, 0.6) is 0 Å². The molecule has 0 saturated carbocycles. The van der Waals surface area contributed by atoms with E-state index < -0.39 is 0 Å². The zero-order chi connectivity index (χ0) is 21.6. The highest BCUT2D eigenvalue weighted by Gasteiger charge is 2.36. The fourth-order valence-corrected chi connectivity index (χ4v) is 6.34. The normalized spacial score (nSPS) is 28.6. The van der Waals surface area contributed by atoms with Gasteiger partial charge in [0.15, 0.2) is 5.96 Å². The molecular formula is C24H42N6S. The molecule has 1 aromatic rings. The highest BCUT2D eigenvalue weighted by molar-refractivity contribution is 7.09. The topological polar surface area (TPSA) is 55.8 Å². The standard InChI is InChI=1S/C24H42N6S/c1-4-23-27-20(17-31-23)16-30-11-9-18(10-12-30)15-26-24(25-5-2)28-19-13-21-7-6-8-22(14-19)29(21)3/h17-19,21-22H,4-16H2,1-3H3,(H2,25,26,28). The summed E-state index contributed by atoms with van der Waals surface area (Å²) in [7, 11) is 2.33. The van der Waals surface area contributed by atoms with E-state index in [4.69, 9.17) is 9.98 Å². The van der Waals surface area contributed by atoms with Gasteiger partial charge in [-0.05, 0) is 77.9 Å². The second-order valence-electron chi connectivity index (χ2n) is 9.74. The monoisotopic (exact) mass is 446 g/mol. The maximum Gasteiger partial charge on any atom is 0.191 e. The number of likely N-dealkylation sites (tertiary alicyclic amines) is 1. The fourth-order valence-electron chi connectivity index (χ4n) is 5.61. The molecule has 0 aliphatic carbocycles. The number of nitrogens with one attached hydrogen (secondary N) is 2. The Labute approximate surface area is 192 Å². The van der Waals surface area contributed by atoms with Gasteiger partial charge in [0.05, 0.1) is 10.7 Å². The lowest BCUT2D eigenvalue weighted by Crippen LogP contribution is -2.56. The Balaban J connectivity index is 1.23. The van der Waals surface area contributed by atoms with Gasteiger partial charge in [0.2, 0.25) is 0 Å². The van der Waals surface area contributed by atoms with Crippen LogP contribution in [-0.2, 0) is 13.0 Å². The number of piperidine rings is 3. The van der Waals surface area contributed by atoms with E-state index in [0.29, 0.717) is 12.0 Å². The number of thiazole rings is 1. The van der Waals surface area contributed by atoms with Gasteiger partial charge in [-0.25, -0.2) is 4.98 Å². The minimum Gasteiger partial charge on any atom is -0.357 e. The molecule has 4 heterocycles. The number of hydrogen-bond donors (Lipinski definition) is 2. The zero-order valence-corrected chi connectivity index (χ0v) is 20.6. The van der Waals surface area contributed by atoms with E-state index in [1.165, 1.54) is 68.7 Å². The lowest BCUT2D eigenvalue weighted by Gasteiger charge is -2.47. The molecule has 2 bridgehead atoms. The third-order valence-corrected chi connectivity index (χ3v) is 8.57. The summed E-state index contributed by atoms with van der Waals surface area (Å²) in [5, 5.41) is 10.8. The molecule has 0 radical (unpaired) electrons. The third kappa shape index (κ3) is 6.20. The summed E-state index contributed by atoms with van der Waals surface area (Å²) in [4.78, 5) is 15.0. The Bertz CT molecular complexity index is 697. The van der Waals surface area contributed by atoms with Crippen molar-refractivity contribution in [2.75, 3.05) is 33.2 Å². The van der Waals surface area contributed by atoms with E-state index in [1.807, 2.05) is 0 Å². The van der Waals surface area contributed by atoms with Crippen molar-refractivity contribution in [2.45, 2.75) is 89.9 Å². The van der Waals surface area contributed by atoms with Crippen LogP contribution in [0.3, 0.4) is 0 Å². The van der Waals surface area contributed by atoms with Gasteiger partial charge in [-0.1, -0.05) is 13.3 Å². The van der Waals surface area contributed by atoms with E-state index in [-0.39, 0.29) is 0 Å². The summed E-state index contributed by atoms with van der Waals surface area (Å²) in [5.74, 6) is 1.73. The van der Waals surface area contributed by atoms with Crippen LogP contribution in [0.25, 0.3) is 0 Å². The maximum absolute atomic E-state index is 5.02. The molecule has 4 rings (SSSR count). The molecule has 2 atom stereocenters. The van der Waals surface area contributed by atoms with Gasteiger partial charge in [0, 0.05) is 43.1 Å². The van der Waals surface area contributed by atoms with Crippen molar-refractivity contribution < 1.29 is 0 Å². The predicted molar refractivity (Wildman–Crippen MR) is 131 cm³/mol.